The molecule has 9 nitrogen and oxygen atoms in total. The number of aryl methyl sites for hydroxylation is 2. The highest BCUT2D eigenvalue weighted by atomic mass is 16.1. The van der Waals surface area contributed by atoms with Crippen molar-refractivity contribution in [1.29, 1.82) is 0 Å². The van der Waals surface area contributed by atoms with Crippen molar-refractivity contribution < 1.29 is 4.79 Å². The summed E-state index contributed by atoms with van der Waals surface area (Å²) in [6.07, 6.45) is 3.15. The van der Waals surface area contributed by atoms with Gasteiger partial charge in [-0.15, -0.1) is 5.10 Å². The molecule has 1 N–H and O–H groups in total. The molecule has 4 aromatic rings. The second-order valence-corrected chi connectivity index (χ2v) is 6.38. The van der Waals surface area contributed by atoms with Crippen molar-refractivity contribution in [2.75, 3.05) is 5.32 Å². The fourth-order valence-corrected chi connectivity index (χ4v) is 2.84. The molecule has 0 unspecified atom stereocenters. The van der Waals surface area contributed by atoms with Gasteiger partial charge in [0.1, 0.15) is 12.7 Å². The van der Waals surface area contributed by atoms with E-state index in [9.17, 15) is 4.79 Å². The minimum atomic E-state index is -0.185. The lowest BCUT2D eigenvalue weighted by Gasteiger charge is -2.11. The summed E-state index contributed by atoms with van der Waals surface area (Å²) < 4.78 is 3.37. The lowest BCUT2D eigenvalue weighted by atomic mass is 10.1. The third-order valence-corrected chi connectivity index (χ3v) is 4.35. The Balaban J connectivity index is 1.50. The van der Waals surface area contributed by atoms with Crippen LogP contribution in [0.2, 0.25) is 0 Å². The zero-order valence-electron chi connectivity index (χ0n) is 15.4. The smallest absolute Gasteiger partial charge is 0.255 e. The highest BCUT2D eigenvalue weighted by Gasteiger charge is 2.11. The van der Waals surface area contributed by atoms with E-state index in [4.69, 9.17) is 0 Å². The van der Waals surface area contributed by atoms with E-state index in [1.807, 2.05) is 44.2 Å². The summed E-state index contributed by atoms with van der Waals surface area (Å²) in [5, 5.41) is 18.6. The van der Waals surface area contributed by atoms with Crippen molar-refractivity contribution in [3.8, 4) is 5.69 Å². The van der Waals surface area contributed by atoms with Crippen LogP contribution in [0.4, 0.5) is 5.69 Å². The number of hydrogen-bond donors (Lipinski definition) is 1. The van der Waals surface area contributed by atoms with Gasteiger partial charge in [0.15, 0.2) is 5.82 Å². The van der Waals surface area contributed by atoms with Gasteiger partial charge < -0.3 is 5.32 Å². The molecule has 0 aliphatic carbocycles. The van der Waals surface area contributed by atoms with Crippen molar-refractivity contribution >= 4 is 11.6 Å². The predicted octanol–water partition coefficient (Wildman–Crippen LogP) is 2.17. The molecule has 0 atom stereocenters. The Hall–Kier alpha value is -3.88. The molecule has 0 fully saturated rings. The number of carbonyl (C=O) groups excluding carboxylic acids is 1. The number of carbonyl (C=O) groups is 1. The SMILES string of the molecule is Cc1ccc(NC(=O)c2ccc(Cn3cncn3)cc2)cc1-n1nnnc1C. The summed E-state index contributed by atoms with van der Waals surface area (Å²) in [6, 6.07) is 13.0. The second-order valence-electron chi connectivity index (χ2n) is 6.38. The molecule has 140 valence electrons. The van der Waals surface area contributed by atoms with Crippen molar-refractivity contribution in [2.24, 2.45) is 0 Å². The number of amides is 1. The third kappa shape index (κ3) is 3.63. The molecular formula is C19H18N8O. The summed E-state index contributed by atoms with van der Waals surface area (Å²) in [5.74, 6) is 0.491. The first-order valence-electron chi connectivity index (χ1n) is 8.69. The highest BCUT2D eigenvalue weighted by Crippen LogP contribution is 2.20. The normalized spacial score (nSPS) is 10.8. The third-order valence-electron chi connectivity index (χ3n) is 4.35. The maximum atomic E-state index is 12.6. The number of benzene rings is 2. The topological polar surface area (TPSA) is 103 Å². The summed E-state index contributed by atoms with van der Waals surface area (Å²) in [4.78, 5) is 16.5. The van der Waals surface area contributed by atoms with Gasteiger partial charge in [0.2, 0.25) is 0 Å². The molecule has 9 heteroatoms. The largest absolute Gasteiger partial charge is 0.322 e. The molecule has 2 aromatic heterocycles. The Morgan fingerprint density at radius 3 is 2.61 bits per heavy atom. The number of aromatic nitrogens is 7. The minimum absolute atomic E-state index is 0.185. The number of anilines is 1. The van der Waals surface area contributed by atoms with Crippen LogP contribution in [-0.4, -0.2) is 40.9 Å². The van der Waals surface area contributed by atoms with Crippen LogP contribution in [0.15, 0.2) is 55.1 Å². The molecule has 0 saturated carbocycles. The number of hydrogen-bond acceptors (Lipinski definition) is 6. The van der Waals surface area contributed by atoms with Crippen LogP contribution in [0.1, 0.15) is 27.3 Å². The molecular weight excluding hydrogens is 356 g/mol. The number of nitrogens with zero attached hydrogens (tertiary/aromatic N) is 7. The summed E-state index contributed by atoms with van der Waals surface area (Å²) >= 11 is 0. The minimum Gasteiger partial charge on any atom is -0.322 e. The molecule has 28 heavy (non-hydrogen) atoms. The van der Waals surface area contributed by atoms with Crippen molar-refractivity contribution in [2.45, 2.75) is 20.4 Å². The van der Waals surface area contributed by atoms with E-state index >= 15 is 0 Å². The second kappa shape index (κ2) is 7.39. The monoisotopic (exact) mass is 374 g/mol. The first-order chi connectivity index (χ1) is 13.6. The molecule has 2 heterocycles. The van der Waals surface area contributed by atoms with Crippen LogP contribution in [-0.2, 0) is 6.54 Å². The van der Waals surface area contributed by atoms with E-state index in [-0.39, 0.29) is 5.91 Å². The molecule has 0 radical (unpaired) electrons. The summed E-state index contributed by atoms with van der Waals surface area (Å²) in [6.45, 7) is 4.40. The first-order valence-corrected chi connectivity index (χ1v) is 8.69. The van der Waals surface area contributed by atoms with E-state index in [1.165, 1.54) is 6.33 Å². The van der Waals surface area contributed by atoms with Gasteiger partial charge in [0.05, 0.1) is 12.2 Å². The van der Waals surface area contributed by atoms with Crippen LogP contribution in [0.3, 0.4) is 0 Å². The average molecular weight is 374 g/mol. The number of rotatable bonds is 5. The lowest BCUT2D eigenvalue weighted by Crippen LogP contribution is -2.13. The molecule has 2 aromatic carbocycles. The Bertz CT molecular complexity index is 1100. The molecule has 0 aliphatic heterocycles. The predicted molar refractivity (Wildman–Crippen MR) is 102 cm³/mol. The van der Waals surface area contributed by atoms with E-state index in [0.717, 1.165) is 16.8 Å². The zero-order chi connectivity index (χ0) is 19.5. The van der Waals surface area contributed by atoms with Crippen molar-refractivity contribution in [3.63, 3.8) is 0 Å². The van der Waals surface area contributed by atoms with Crippen LogP contribution in [0, 0.1) is 13.8 Å². The quantitative estimate of drug-likeness (QED) is 0.574. The maximum absolute atomic E-state index is 12.6. The standard InChI is InChI=1S/C19H18N8O/c1-13-3-8-17(9-18(13)27-14(2)23-24-25-27)22-19(28)16-6-4-15(5-7-16)10-26-12-20-11-21-26/h3-9,11-12H,10H2,1-2H3,(H,22,28). The number of tetrazole rings is 1. The van der Waals surface area contributed by atoms with Gasteiger partial charge in [0, 0.05) is 11.3 Å². The van der Waals surface area contributed by atoms with Gasteiger partial charge >= 0.3 is 0 Å². The Kier molecular flexibility index (Phi) is 4.63. The van der Waals surface area contributed by atoms with Gasteiger partial charge in [-0.2, -0.15) is 9.78 Å². The van der Waals surface area contributed by atoms with Crippen LogP contribution in [0.5, 0.6) is 0 Å². The zero-order valence-corrected chi connectivity index (χ0v) is 15.4. The highest BCUT2D eigenvalue weighted by molar-refractivity contribution is 6.04. The first kappa shape index (κ1) is 17.5. The molecule has 0 spiro atoms. The van der Waals surface area contributed by atoms with Gasteiger partial charge in [-0.05, 0) is 59.7 Å². The molecule has 0 bridgehead atoms. The van der Waals surface area contributed by atoms with E-state index in [1.54, 1.807) is 27.8 Å². The van der Waals surface area contributed by atoms with Crippen LogP contribution in [0.25, 0.3) is 5.69 Å². The summed E-state index contributed by atoms with van der Waals surface area (Å²) in [5.41, 5.74) is 4.11. The Morgan fingerprint density at radius 1 is 1.11 bits per heavy atom. The van der Waals surface area contributed by atoms with E-state index in [2.05, 4.69) is 30.9 Å². The Morgan fingerprint density at radius 2 is 1.93 bits per heavy atom. The van der Waals surface area contributed by atoms with Crippen LogP contribution >= 0.6 is 0 Å². The van der Waals surface area contributed by atoms with Gasteiger partial charge in [-0.3, -0.25) is 4.79 Å². The van der Waals surface area contributed by atoms with Crippen LogP contribution < -0.4 is 5.32 Å². The van der Waals surface area contributed by atoms with Crippen molar-refractivity contribution in [1.82, 2.24) is 35.0 Å². The van der Waals surface area contributed by atoms with E-state index < -0.39 is 0 Å². The van der Waals surface area contributed by atoms with Gasteiger partial charge in [-0.25, -0.2) is 9.67 Å². The van der Waals surface area contributed by atoms with E-state index in [0.29, 0.717) is 23.6 Å². The summed E-state index contributed by atoms with van der Waals surface area (Å²) in [7, 11) is 0. The molecule has 0 aliphatic rings. The average Bonchev–Trinajstić information content (AvgIpc) is 3.35. The number of nitrogens with one attached hydrogen (secondary N) is 1. The molecule has 1 amide bonds. The Labute approximate surface area is 161 Å². The maximum Gasteiger partial charge on any atom is 0.255 e. The van der Waals surface area contributed by atoms with Crippen molar-refractivity contribution in [3.05, 3.63) is 77.6 Å². The fourth-order valence-electron chi connectivity index (χ4n) is 2.84. The molecule has 0 saturated heterocycles. The van der Waals surface area contributed by atoms with Gasteiger partial charge in [-0.1, -0.05) is 18.2 Å². The lowest BCUT2D eigenvalue weighted by molar-refractivity contribution is 0.102. The fraction of sp³-hybridized carbons (Fsp3) is 0.158. The van der Waals surface area contributed by atoms with Gasteiger partial charge in [0.25, 0.3) is 5.91 Å². The molecule has 4 rings (SSSR count).